The van der Waals surface area contributed by atoms with Gasteiger partial charge in [-0.2, -0.15) is 0 Å². The van der Waals surface area contributed by atoms with Crippen LogP contribution in [0.2, 0.25) is 0 Å². The third kappa shape index (κ3) is 3.44. The minimum Gasteiger partial charge on any atom is -0.368 e. The van der Waals surface area contributed by atoms with Gasteiger partial charge < -0.3 is 5.73 Å². The van der Waals surface area contributed by atoms with Crippen molar-refractivity contribution in [1.82, 2.24) is 10.2 Å². The maximum atomic E-state index is 11.9. The molecule has 3 rings (SSSR count). The van der Waals surface area contributed by atoms with Crippen LogP contribution in [-0.2, 0) is 17.8 Å². The SMILES string of the molecule is CC(CN1CCCc2ccccc2C1)(NC1CC1)C(N)=O. The number of hydrogen-bond donors (Lipinski definition) is 2. The number of fused-ring (bicyclic) bond motifs is 1. The van der Waals surface area contributed by atoms with E-state index in [0.29, 0.717) is 12.6 Å². The summed E-state index contributed by atoms with van der Waals surface area (Å²) in [6.45, 7) is 4.56. The molecule has 21 heavy (non-hydrogen) atoms. The van der Waals surface area contributed by atoms with Gasteiger partial charge in [-0.05, 0) is 50.3 Å². The lowest BCUT2D eigenvalue weighted by Gasteiger charge is -2.33. The molecule has 4 nitrogen and oxygen atoms in total. The Labute approximate surface area is 126 Å². The predicted molar refractivity (Wildman–Crippen MR) is 83.8 cm³/mol. The molecule has 1 aliphatic heterocycles. The maximum Gasteiger partial charge on any atom is 0.238 e. The number of nitrogens with zero attached hydrogens (tertiary/aromatic N) is 1. The summed E-state index contributed by atoms with van der Waals surface area (Å²) in [5.41, 5.74) is 7.87. The first-order valence-electron chi connectivity index (χ1n) is 7.93. The molecule has 1 unspecified atom stereocenters. The number of carbonyl (C=O) groups is 1. The zero-order chi connectivity index (χ0) is 14.9. The fourth-order valence-electron chi connectivity index (χ4n) is 3.22. The van der Waals surface area contributed by atoms with Crippen molar-refractivity contribution in [3.8, 4) is 0 Å². The van der Waals surface area contributed by atoms with Gasteiger partial charge in [0.25, 0.3) is 0 Å². The molecule has 0 aromatic heterocycles. The molecule has 0 spiro atoms. The van der Waals surface area contributed by atoms with Crippen molar-refractivity contribution in [3.05, 3.63) is 35.4 Å². The van der Waals surface area contributed by atoms with Gasteiger partial charge in [0, 0.05) is 19.1 Å². The molecule has 1 saturated carbocycles. The first-order chi connectivity index (χ1) is 10.1. The Morgan fingerprint density at radius 1 is 1.38 bits per heavy atom. The van der Waals surface area contributed by atoms with Gasteiger partial charge in [-0.1, -0.05) is 24.3 Å². The molecule has 2 aliphatic rings. The number of hydrogen-bond acceptors (Lipinski definition) is 3. The summed E-state index contributed by atoms with van der Waals surface area (Å²) in [5.74, 6) is -0.244. The second-order valence-electron chi connectivity index (χ2n) is 6.70. The van der Waals surface area contributed by atoms with Crippen LogP contribution in [-0.4, -0.2) is 35.5 Å². The third-order valence-corrected chi connectivity index (χ3v) is 4.62. The Morgan fingerprint density at radius 2 is 2.10 bits per heavy atom. The molecule has 1 aromatic rings. The molecule has 0 radical (unpaired) electrons. The van der Waals surface area contributed by atoms with Crippen molar-refractivity contribution >= 4 is 5.91 Å². The minimum atomic E-state index is -0.625. The lowest BCUT2D eigenvalue weighted by molar-refractivity contribution is -0.124. The van der Waals surface area contributed by atoms with Crippen LogP contribution in [0, 0.1) is 0 Å². The van der Waals surface area contributed by atoms with Crippen molar-refractivity contribution in [2.45, 2.75) is 50.7 Å². The molecule has 3 N–H and O–H groups in total. The highest BCUT2D eigenvalue weighted by Gasteiger charge is 2.38. The van der Waals surface area contributed by atoms with Gasteiger partial charge >= 0.3 is 0 Å². The van der Waals surface area contributed by atoms with Gasteiger partial charge in [0.2, 0.25) is 5.91 Å². The molecule has 1 heterocycles. The molecular formula is C17H25N3O. The van der Waals surface area contributed by atoms with E-state index in [-0.39, 0.29) is 5.91 Å². The van der Waals surface area contributed by atoms with Gasteiger partial charge in [-0.25, -0.2) is 0 Å². The number of rotatable bonds is 5. The summed E-state index contributed by atoms with van der Waals surface area (Å²) >= 11 is 0. The highest BCUT2D eigenvalue weighted by Crippen LogP contribution is 2.25. The van der Waals surface area contributed by atoms with Gasteiger partial charge in [-0.15, -0.1) is 0 Å². The lowest BCUT2D eigenvalue weighted by Crippen LogP contribution is -2.60. The molecule has 1 amide bonds. The average molecular weight is 287 g/mol. The van der Waals surface area contributed by atoms with E-state index in [1.165, 1.54) is 11.1 Å². The largest absolute Gasteiger partial charge is 0.368 e. The standard InChI is InChI=1S/C17H25N3O/c1-17(16(18)21,19-15-8-9-15)12-20-10-4-7-13-5-2-3-6-14(13)11-20/h2-3,5-6,15,19H,4,7-12H2,1H3,(H2,18,21). The summed E-state index contributed by atoms with van der Waals surface area (Å²) in [7, 11) is 0. The fraction of sp³-hybridized carbons (Fsp3) is 0.588. The summed E-state index contributed by atoms with van der Waals surface area (Å²) in [5, 5.41) is 3.44. The van der Waals surface area contributed by atoms with Crippen LogP contribution in [0.4, 0.5) is 0 Å². The number of nitrogens with two attached hydrogens (primary N) is 1. The van der Waals surface area contributed by atoms with Crippen molar-refractivity contribution in [3.63, 3.8) is 0 Å². The quantitative estimate of drug-likeness (QED) is 0.861. The van der Waals surface area contributed by atoms with Gasteiger partial charge in [-0.3, -0.25) is 15.0 Å². The van der Waals surface area contributed by atoms with E-state index in [1.54, 1.807) is 0 Å². The zero-order valence-electron chi connectivity index (χ0n) is 12.8. The molecule has 114 valence electrons. The summed E-state index contributed by atoms with van der Waals surface area (Å²) in [4.78, 5) is 14.3. The molecule has 1 atom stereocenters. The normalized spacial score (nSPS) is 22.1. The van der Waals surface area contributed by atoms with Crippen LogP contribution in [0.5, 0.6) is 0 Å². The van der Waals surface area contributed by atoms with Crippen molar-refractivity contribution in [1.29, 1.82) is 0 Å². The van der Waals surface area contributed by atoms with Crippen molar-refractivity contribution in [2.24, 2.45) is 5.73 Å². The summed E-state index contributed by atoms with van der Waals surface area (Å²) in [6.07, 6.45) is 4.57. The van der Waals surface area contributed by atoms with E-state index in [0.717, 1.165) is 38.8 Å². The number of carbonyl (C=O) groups excluding carboxylic acids is 1. The van der Waals surface area contributed by atoms with E-state index in [2.05, 4.69) is 34.5 Å². The Balaban J connectivity index is 1.72. The number of amides is 1. The van der Waals surface area contributed by atoms with E-state index >= 15 is 0 Å². The molecule has 0 bridgehead atoms. The topological polar surface area (TPSA) is 58.4 Å². The Hall–Kier alpha value is -1.39. The Kier molecular flexibility index (Phi) is 4.00. The number of nitrogens with one attached hydrogen (secondary N) is 1. The predicted octanol–water partition coefficient (Wildman–Crippen LogP) is 1.43. The monoisotopic (exact) mass is 287 g/mol. The molecule has 1 aliphatic carbocycles. The highest BCUT2D eigenvalue weighted by atomic mass is 16.1. The van der Waals surface area contributed by atoms with E-state index in [1.807, 2.05) is 6.92 Å². The van der Waals surface area contributed by atoms with Crippen LogP contribution < -0.4 is 11.1 Å². The van der Waals surface area contributed by atoms with Crippen LogP contribution in [0.25, 0.3) is 0 Å². The van der Waals surface area contributed by atoms with Crippen LogP contribution in [0.3, 0.4) is 0 Å². The lowest BCUT2D eigenvalue weighted by atomic mass is 10.00. The van der Waals surface area contributed by atoms with Crippen LogP contribution in [0.1, 0.15) is 37.3 Å². The van der Waals surface area contributed by atoms with Crippen LogP contribution >= 0.6 is 0 Å². The van der Waals surface area contributed by atoms with Gasteiger partial charge in [0.05, 0.1) is 0 Å². The third-order valence-electron chi connectivity index (χ3n) is 4.62. The van der Waals surface area contributed by atoms with Crippen molar-refractivity contribution in [2.75, 3.05) is 13.1 Å². The first-order valence-corrected chi connectivity index (χ1v) is 7.93. The van der Waals surface area contributed by atoms with E-state index in [9.17, 15) is 4.79 Å². The second kappa shape index (κ2) is 5.78. The van der Waals surface area contributed by atoms with Crippen LogP contribution in [0.15, 0.2) is 24.3 Å². The molecule has 0 saturated heterocycles. The van der Waals surface area contributed by atoms with Gasteiger partial charge in [0.15, 0.2) is 0 Å². The Morgan fingerprint density at radius 3 is 2.76 bits per heavy atom. The molecule has 4 heteroatoms. The molecular weight excluding hydrogens is 262 g/mol. The minimum absolute atomic E-state index is 0.244. The molecule has 1 fully saturated rings. The summed E-state index contributed by atoms with van der Waals surface area (Å²) < 4.78 is 0. The average Bonchev–Trinajstić information content (AvgIpc) is 3.25. The Bertz CT molecular complexity index is 527. The highest BCUT2D eigenvalue weighted by molar-refractivity contribution is 5.84. The maximum absolute atomic E-state index is 11.9. The van der Waals surface area contributed by atoms with Crippen molar-refractivity contribution < 1.29 is 4.79 Å². The molecule has 1 aromatic carbocycles. The zero-order valence-corrected chi connectivity index (χ0v) is 12.8. The van der Waals surface area contributed by atoms with E-state index < -0.39 is 5.54 Å². The fourth-order valence-corrected chi connectivity index (χ4v) is 3.22. The first kappa shape index (κ1) is 14.5. The van der Waals surface area contributed by atoms with E-state index in [4.69, 9.17) is 5.73 Å². The second-order valence-corrected chi connectivity index (χ2v) is 6.70. The number of primary amides is 1. The number of aryl methyl sites for hydroxylation is 1. The van der Waals surface area contributed by atoms with Gasteiger partial charge in [0.1, 0.15) is 5.54 Å². The smallest absolute Gasteiger partial charge is 0.238 e. The number of benzene rings is 1. The summed E-state index contributed by atoms with van der Waals surface area (Å²) in [6, 6.07) is 9.09.